The number of likely N-dealkylation sites (tertiary alicyclic amines) is 1. The predicted octanol–water partition coefficient (Wildman–Crippen LogP) is 0.785. The number of carbonyl (C=O) groups is 1. The van der Waals surface area contributed by atoms with Crippen LogP contribution in [0.15, 0.2) is 4.42 Å². The van der Waals surface area contributed by atoms with E-state index < -0.39 is 5.97 Å². The Morgan fingerprint density at radius 3 is 2.71 bits per heavy atom. The van der Waals surface area contributed by atoms with Gasteiger partial charge in [-0.25, -0.2) is 0 Å². The van der Waals surface area contributed by atoms with Crippen molar-refractivity contribution in [2.45, 2.75) is 26.8 Å². The van der Waals surface area contributed by atoms with Crippen LogP contribution in [0, 0.1) is 11.8 Å². The number of carboxylic acid groups (broad SMARTS) is 1. The second kappa shape index (κ2) is 4.83. The first-order chi connectivity index (χ1) is 8.10. The zero-order valence-electron chi connectivity index (χ0n) is 10.1. The summed E-state index contributed by atoms with van der Waals surface area (Å²) in [5, 5.41) is 16.9. The molecule has 0 saturated carbocycles. The average molecular weight is 239 g/mol. The third-order valence-electron chi connectivity index (χ3n) is 3.18. The summed E-state index contributed by atoms with van der Waals surface area (Å²) in [6.45, 7) is 5.78. The molecule has 1 saturated heterocycles. The quantitative estimate of drug-likeness (QED) is 0.836. The van der Waals surface area contributed by atoms with Crippen molar-refractivity contribution in [3.63, 3.8) is 0 Å². The van der Waals surface area contributed by atoms with Crippen LogP contribution in [0.4, 0.5) is 0 Å². The molecule has 6 heteroatoms. The van der Waals surface area contributed by atoms with Gasteiger partial charge in [0.2, 0.25) is 11.8 Å². The van der Waals surface area contributed by atoms with Crippen molar-refractivity contribution in [2.75, 3.05) is 13.1 Å². The van der Waals surface area contributed by atoms with Gasteiger partial charge in [0.1, 0.15) is 0 Å². The van der Waals surface area contributed by atoms with Crippen LogP contribution in [0.25, 0.3) is 0 Å². The topological polar surface area (TPSA) is 79.5 Å². The molecule has 2 heterocycles. The van der Waals surface area contributed by atoms with E-state index in [9.17, 15) is 4.79 Å². The summed E-state index contributed by atoms with van der Waals surface area (Å²) in [6, 6.07) is 0. The van der Waals surface area contributed by atoms with Gasteiger partial charge >= 0.3 is 5.97 Å². The molecular weight excluding hydrogens is 222 g/mol. The molecule has 0 unspecified atom stereocenters. The van der Waals surface area contributed by atoms with E-state index in [0.717, 1.165) is 13.0 Å². The third-order valence-corrected chi connectivity index (χ3v) is 3.18. The van der Waals surface area contributed by atoms with Gasteiger partial charge in [0.25, 0.3) is 0 Å². The van der Waals surface area contributed by atoms with Crippen LogP contribution in [0.2, 0.25) is 0 Å². The highest BCUT2D eigenvalue weighted by Crippen LogP contribution is 2.24. The second-order valence-electron chi connectivity index (χ2n) is 4.56. The Bertz CT molecular complexity index is 404. The highest BCUT2D eigenvalue weighted by Gasteiger charge is 2.35. The Balaban J connectivity index is 1.95. The molecule has 1 aromatic heterocycles. The third kappa shape index (κ3) is 2.63. The maximum absolute atomic E-state index is 11.0. The summed E-state index contributed by atoms with van der Waals surface area (Å²) < 4.78 is 5.41. The molecule has 6 nitrogen and oxygen atoms in total. The summed E-state index contributed by atoms with van der Waals surface area (Å²) in [7, 11) is 0. The van der Waals surface area contributed by atoms with Crippen LogP contribution in [-0.2, 0) is 17.8 Å². The van der Waals surface area contributed by atoms with E-state index in [2.05, 4.69) is 15.1 Å². The van der Waals surface area contributed by atoms with Gasteiger partial charge in [-0.1, -0.05) is 13.8 Å². The summed E-state index contributed by atoms with van der Waals surface area (Å²) in [6.07, 6.45) is 0.723. The summed E-state index contributed by atoms with van der Waals surface area (Å²) in [5.41, 5.74) is 0. The lowest BCUT2D eigenvalue weighted by atomic mass is 9.99. The molecule has 2 rings (SSSR count). The number of hydrogen-bond donors (Lipinski definition) is 1. The molecule has 1 aliphatic heterocycles. The molecule has 1 N–H and O–H groups in total. The molecular formula is C11H17N3O3. The summed E-state index contributed by atoms with van der Waals surface area (Å²) in [4.78, 5) is 13.0. The fourth-order valence-electron chi connectivity index (χ4n) is 2.20. The van der Waals surface area contributed by atoms with Crippen molar-refractivity contribution in [3.8, 4) is 0 Å². The van der Waals surface area contributed by atoms with Crippen molar-refractivity contribution in [1.82, 2.24) is 15.1 Å². The fourth-order valence-corrected chi connectivity index (χ4v) is 2.20. The van der Waals surface area contributed by atoms with E-state index in [4.69, 9.17) is 9.52 Å². The van der Waals surface area contributed by atoms with Crippen LogP contribution in [0.1, 0.15) is 25.6 Å². The smallest absolute Gasteiger partial charge is 0.308 e. The Kier molecular flexibility index (Phi) is 3.42. The molecule has 94 valence electrons. The molecule has 2 atom stereocenters. The lowest BCUT2D eigenvalue weighted by molar-refractivity contribution is -0.142. The summed E-state index contributed by atoms with van der Waals surface area (Å²) >= 11 is 0. The monoisotopic (exact) mass is 239 g/mol. The number of aromatic nitrogens is 2. The largest absolute Gasteiger partial charge is 0.481 e. The number of rotatable bonds is 4. The zero-order chi connectivity index (χ0) is 12.4. The average Bonchev–Trinajstić information content (AvgIpc) is 2.85. The van der Waals surface area contributed by atoms with Gasteiger partial charge in [-0.3, -0.25) is 9.69 Å². The molecule has 1 aromatic rings. The molecule has 1 fully saturated rings. The number of carboxylic acids is 1. The van der Waals surface area contributed by atoms with Gasteiger partial charge < -0.3 is 9.52 Å². The van der Waals surface area contributed by atoms with E-state index in [0.29, 0.717) is 24.9 Å². The Morgan fingerprint density at radius 2 is 2.18 bits per heavy atom. The van der Waals surface area contributed by atoms with Crippen LogP contribution < -0.4 is 0 Å². The van der Waals surface area contributed by atoms with Crippen LogP contribution in [-0.4, -0.2) is 39.3 Å². The van der Waals surface area contributed by atoms with E-state index in [1.807, 2.05) is 13.8 Å². The van der Waals surface area contributed by atoms with Crippen LogP contribution >= 0.6 is 0 Å². The van der Waals surface area contributed by atoms with Gasteiger partial charge in [0.15, 0.2) is 0 Å². The lowest BCUT2D eigenvalue weighted by Gasteiger charge is -2.11. The van der Waals surface area contributed by atoms with Crippen molar-refractivity contribution in [1.29, 1.82) is 0 Å². The van der Waals surface area contributed by atoms with Crippen molar-refractivity contribution < 1.29 is 14.3 Å². The van der Waals surface area contributed by atoms with Gasteiger partial charge in [-0.2, -0.15) is 0 Å². The van der Waals surface area contributed by atoms with Crippen molar-refractivity contribution in [3.05, 3.63) is 11.8 Å². The molecule has 0 bridgehead atoms. The summed E-state index contributed by atoms with van der Waals surface area (Å²) in [5.74, 6) is 0.353. The lowest BCUT2D eigenvalue weighted by Crippen LogP contribution is -2.23. The Hall–Kier alpha value is -1.43. The van der Waals surface area contributed by atoms with E-state index >= 15 is 0 Å². The molecule has 0 spiro atoms. The molecule has 0 aliphatic carbocycles. The molecule has 0 amide bonds. The maximum atomic E-state index is 11.0. The molecule has 0 radical (unpaired) electrons. The van der Waals surface area contributed by atoms with E-state index in [1.165, 1.54) is 0 Å². The minimum Gasteiger partial charge on any atom is -0.481 e. The maximum Gasteiger partial charge on any atom is 0.308 e. The Labute approximate surface area is 99.6 Å². The second-order valence-corrected chi connectivity index (χ2v) is 4.56. The molecule has 1 aliphatic rings. The Morgan fingerprint density at radius 1 is 1.47 bits per heavy atom. The normalized spacial score (nSPS) is 25.3. The van der Waals surface area contributed by atoms with Crippen molar-refractivity contribution >= 4 is 5.97 Å². The van der Waals surface area contributed by atoms with Crippen LogP contribution in [0.5, 0.6) is 0 Å². The first-order valence-corrected chi connectivity index (χ1v) is 5.86. The highest BCUT2D eigenvalue weighted by atomic mass is 16.4. The predicted molar refractivity (Wildman–Crippen MR) is 59.2 cm³/mol. The SMILES string of the molecule is CCc1nnc(CN2C[C@@H](C)[C@H](C(=O)O)C2)o1. The minimum absolute atomic E-state index is 0.168. The van der Waals surface area contributed by atoms with Gasteiger partial charge in [-0.05, 0) is 5.92 Å². The number of aliphatic carboxylic acids is 1. The van der Waals surface area contributed by atoms with Crippen LogP contribution in [0.3, 0.4) is 0 Å². The van der Waals surface area contributed by atoms with Gasteiger partial charge in [0.05, 0.1) is 12.5 Å². The standard InChI is InChI=1S/C11H17N3O3/c1-3-9-12-13-10(17-9)6-14-4-7(2)8(5-14)11(15)16/h7-8H,3-6H2,1-2H3,(H,15,16)/t7-,8-/m1/s1. The first-order valence-electron chi connectivity index (χ1n) is 5.86. The molecule has 17 heavy (non-hydrogen) atoms. The van der Waals surface area contributed by atoms with Gasteiger partial charge in [0, 0.05) is 19.5 Å². The fraction of sp³-hybridized carbons (Fsp3) is 0.727. The zero-order valence-corrected chi connectivity index (χ0v) is 10.1. The number of nitrogens with zero attached hydrogens (tertiary/aromatic N) is 3. The molecule has 0 aromatic carbocycles. The van der Waals surface area contributed by atoms with E-state index in [-0.39, 0.29) is 11.8 Å². The number of hydrogen-bond acceptors (Lipinski definition) is 5. The first kappa shape index (κ1) is 12.0. The highest BCUT2D eigenvalue weighted by molar-refractivity contribution is 5.71. The minimum atomic E-state index is -0.722. The number of aryl methyl sites for hydroxylation is 1. The van der Waals surface area contributed by atoms with Gasteiger partial charge in [-0.15, -0.1) is 10.2 Å². The van der Waals surface area contributed by atoms with Crippen molar-refractivity contribution in [2.24, 2.45) is 11.8 Å². The van der Waals surface area contributed by atoms with E-state index in [1.54, 1.807) is 0 Å².